The second-order valence-corrected chi connectivity index (χ2v) is 8.65. The molecule has 0 atom stereocenters. The quantitative estimate of drug-likeness (QED) is 0.181. The molecule has 0 amide bonds. The zero-order valence-corrected chi connectivity index (χ0v) is 20.5. The van der Waals surface area contributed by atoms with E-state index in [2.05, 4.69) is 10.2 Å². The Kier molecular flexibility index (Phi) is 6.51. The first-order chi connectivity index (χ1) is 18.8. The van der Waals surface area contributed by atoms with Gasteiger partial charge in [-0.25, -0.2) is 9.36 Å². The minimum absolute atomic E-state index is 0.843. The zero-order chi connectivity index (χ0) is 25.6. The first-order valence-corrected chi connectivity index (χ1v) is 12.3. The van der Waals surface area contributed by atoms with Crippen molar-refractivity contribution in [3.63, 3.8) is 0 Å². The first kappa shape index (κ1) is 23.1. The Morgan fingerprint density at radius 2 is 0.789 bits per heavy atom. The lowest BCUT2D eigenvalue weighted by Crippen LogP contribution is -1.93. The molecule has 0 N–H and O–H groups in total. The highest BCUT2D eigenvalue weighted by molar-refractivity contribution is 5.91. The van der Waals surface area contributed by atoms with Gasteiger partial charge in [-0.2, -0.15) is 20.4 Å². The van der Waals surface area contributed by atoms with Gasteiger partial charge in [-0.15, -0.1) is 0 Å². The maximum Gasteiger partial charge on any atom is 0.102 e. The SMILES string of the molecule is C(=N\N=C\c1cn(-c2ccccc2)nc1-c1ccccc1)/c1cn(-c2ccccc2)nc1-c1ccccc1. The Morgan fingerprint density at radius 3 is 1.16 bits per heavy atom. The fourth-order valence-electron chi connectivity index (χ4n) is 4.22. The van der Waals surface area contributed by atoms with E-state index >= 15 is 0 Å². The Hall–Kier alpha value is -5.36. The summed E-state index contributed by atoms with van der Waals surface area (Å²) in [7, 11) is 0. The maximum absolute atomic E-state index is 4.84. The molecule has 0 aliphatic heterocycles. The largest absolute Gasteiger partial charge is 0.240 e. The number of rotatable bonds is 7. The number of benzene rings is 4. The number of hydrogen-bond acceptors (Lipinski definition) is 4. The van der Waals surface area contributed by atoms with Gasteiger partial charge in [0, 0.05) is 34.6 Å². The molecule has 0 radical (unpaired) electrons. The van der Waals surface area contributed by atoms with Crippen LogP contribution < -0.4 is 0 Å². The molecule has 0 saturated heterocycles. The summed E-state index contributed by atoms with van der Waals surface area (Å²) < 4.78 is 3.73. The standard InChI is InChI=1S/C32H24N6/c1-5-13-25(14-6-1)31-27(23-37(35-31)29-17-9-3-10-18-29)21-33-34-22-28-24-38(30-19-11-4-12-20-30)36-32(28)26-15-7-2-8-16-26/h1-24H/b33-21+,34-22+. The summed E-state index contributed by atoms with van der Waals surface area (Å²) >= 11 is 0. The van der Waals surface area contributed by atoms with E-state index in [0.29, 0.717) is 0 Å². The van der Waals surface area contributed by atoms with Crippen LogP contribution in [0.15, 0.2) is 144 Å². The molecule has 6 rings (SSSR count). The predicted molar refractivity (Wildman–Crippen MR) is 153 cm³/mol. The third-order valence-electron chi connectivity index (χ3n) is 6.08. The highest BCUT2D eigenvalue weighted by atomic mass is 15.3. The zero-order valence-electron chi connectivity index (χ0n) is 20.5. The van der Waals surface area contributed by atoms with Crippen molar-refractivity contribution in [2.24, 2.45) is 10.2 Å². The van der Waals surface area contributed by atoms with Crippen LogP contribution >= 0.6 is 0 Å². The van der Waals surface area contributed by atoms with E-state index in [1.807, 2.05) is 143 Å². The van der Waals surface area contributed by atoms with Crippen molar-refractivity contribution in [2.45, 2.75) is 0 Å². The number of aromatic nitrogens is 4. The highest BCUT2D eigenvalue weighted by Crippen LogP contribution is 2.24. The molecule has 0 fully saturated rings. The summed E-state index contributed by atoms with van der Waals surface area (Å²) in [5, 5.41) is 18.5. The molecule has 0 aliphatic carbocycles. The molecule has 6 nitrogen and oxygen atoms in total. The van der Waals surface area contributed by atoms with E-state index in [-0.39, 0.29) is 0 Å². The van der Waals surface area contributed by atoms with Crippen LogP contribution in [0.4, 0.5) is 0 Å². The highest BCUT2D eigenvalue weighted by Gasteiger charge is 2.12. The number of nitrogens with zero attached hydrogens (tertiary/aromatic N) is 6. The molecule has 2 heterocycles. The van der Waals surface area contributed by atoms with Crippen LogP contribution in [0.3, 0.4) is 0 Å². The van der Waals surface area contributed by atoms with Crippen LogP contribution in [0.1, 0.15) is 11.1 Å². The Morgan fingerprint density at radius 1 is 0.447 bits per heavy atom. The van der Waals surface area contributed by atoms with Crippen molar-refractivity contribution >= 4 is 12.4 Å². The van der Waals surface area contributed by atoms with Crippen molar-refractivity contribution in [3.05, 3.63) is 145 Å². The molecular weight excluding hydrogens is 468 g/mol. The van der Waals surface area contributed by atoms with Gasteiger partial charge in [-0.1, -0.05) is 97.1 Å². The second kappa shape index (κ2) is 10.7. The van der Waals surface area contributed by atoms with E-state index in [4.69, 9.17) is 10.2 Å². The third kappa shape index (κ3) is 4.96. The fourth-order valence-corrected chi connectivity index (χ4v) is 4.22. The molecule has 6 aromatic rings. The topological polar surface area (TPSA) is 60.4 Å². The van der Waals surface area contributed by atoms with Gasteiger partial charge in [0.25, 0.3) is 0 Å². The van der Waals surface area contributed by atoms with Gasteiger partial charge in [-0.3, -0.25) is 0 Å². The minimum Gasteiger partial charge on any atom is -0.240 e. The van der Waals surface area contributed by atoms with Crippen LogP contribution in [-0.4, -0.2) is 32.0 Å². The maximum atomic E-state index is 4.84. The molecule has 0 bridgehead atoms. The number of hydrogen-bond donors (Lipinski definition) is 0. The van der Waals surface area contributed by atoms with Gasteiger partial charge in [0.15, 0.2) is 0 Å². The van der Waals surface area contributed by atoms with Crippen LogP contribution in [0, 0.1) is 0 Å². The number of para-hydroxylation sites is 2. The molecule has 0 spiro atoms. The average Bonchev–Trinajstić information content (AvgIpc) is 3.62. The molecule has 0 aliphatic rings. The second-order valence-electron chi connectivity index (χ2n) is 8.65. The van der Waals surface area contributed by atoms with Gasteiger partial charge in [-0.05, 0) is 24.3 Å². The van der Waals surface area contributed by atoms with Crippen LogP contribution in [0.25, 0.3) is 33.9 Å². The third-order valence-corrected chi connectivity index (χ3v) is 6.08. The van der Waals surface area contributed by atoms with Crippen molar-refractivity contribution in [1.29, 1.82) is 0 Å². The van der Waals surface area contributed by atoms with Crippen LogP contribution in [0.5, 0.6) is 0 Å². The van der Waals surface area contributed by atoms with E-state index < -0.39 is 0 Å². The summed E-state index contributed by atoms with van der Waals surface area (Å²) in [6.45, 7) is 0. The molecule has 182 valence electrons. The van der Waals surface area contributed by atoms with Crippen molar-refractivity contribution in [1.82, 2.24) is 19.6 Å². The summed E-state index contributed by atoms with van der Waals surface area (Å²) in [6.07, 6.45) is 7.43. The van der Waals surface area contributed by atoms with Gasteiger partial charge >= 0.3 is 0 Å². The van der Waals surface area contributed by atoms with Crippen LogP contribution in [-0.2, 0) is 0 Å². The molecule has 0 unspecified atom stereocenters. The van der Waals surface area contributed by atoms with Crippen LogP contribution in [0.2, 0.25) is 0 Å². The Labute approximate surface area is 220 Å². The smallest absolute Gasteiger partial charge is 0.102 e. The van der Waals surface area contributed by atoms with Gasteiger partial charge in [0.2, 0.25) is 0 Å². The average molecular weight is 493 g/mol. The van der Waals surface area contributed by atoms with E-state index in [9.17, 15) is 0 Å². The predicted octanol–water partition coefficient (Wildman–Crippen LogP) is 6.85. The van der Waals surface area contributed by atoms with E-state index in [1.54, 1.807) is 12.4 Å². The van der Waals surface area contributed by atoms with Gasteiger partial charge in [0.05, 0.1) is 23.8 Å². The summed E-state index contributed by atoms with van der Waals surface area (Å²) in [5.41, 5.74) is 7.43. The lowest BCUT2D eigenvalue weighted by molar-refractivity contribution is 0.884. The summed E-state index contributed by atoms with van der Waals surface area (Å²) in [4.78, 5) is 0. The summed E-state index contributed by atoms with van der Waals surface area (Å²) in [6, 6.07) is 40.3. The molecule has 6 heteroatoms. The van der Waals surface area contributed by atoms with Crippen molar-refractivity contribution in [2.75, 3.05) is 0 Å². The molecule has 0 saturated carbocycles. The fraction of sp³-hybridized carbons (Fsp3) is 0. The Balaban J connectivity index is 1.34. The van der Waals surface area contributed by atoms with E-state index in [0.717, 1.165) is 45.0 Å². The molecular formula is C32H24N6. The summed E-state index contributed by atoms with van der Waals surface area (Å²) in [5.74, 6) is 0. The van der Waals surface area contributed by atoms with Gasteiger partial charge < -0.3 is 0 Å². The normalized spacial score (nSPS) is 11.5. The van der Waals surface area contributed by atoms with Crippen molar-refractivity contribution in [3.8, 4) is 33.9 Å². The minimum atomic E-state index is 0.843. The monoisotopic (exact) mass is 492 g/mol. The van der Waals surface area contributed by atoms with E-state index in [1.165, 1.54) is 0 Å². The lowest BCUT2D eigenvalue weighted by atomic mass is 10.1. The lowest BCUT2D eigenvalue weighted by Gasteiger charge is -2.00. The van der Waals surface area contributed by atoms with Crippen molar-refractivity contribution < 1.29 is 0 Å². The molecule has 2 aromatic heterocycles. The first-order valence-electron chi connectivity index (χ1n) is 12.3. The Bertz CT molecular complexity index is 1550. The molecule has 4 aromatic carbocycles. The molecule has 38 heavy (non-hydrogen) atoms. The van der Waals surface area contributed by atoms with Gasteiger partial charge in [0.1, 0.15) is 11.4 Å².